The van der Waals surface area contributed by atoms with E-state index in [-0.39, 0.29) is 11.9 Å². The molecule has 0 bridgehead atoms. The van der Waals surface area contributed by atoms with Crippen LogP contribution in [0.5, 0.6) is 0 Å². The second kappa shape index (κ2) is 2.26. The van der Waals surface area contributed by atoms with Gasteiger partial charge in [-0.05, 0) is 12.8 Å². The van der Waals surface area contributed by atoms with E-state index in [0.717, 1.165) is 25.1 Å². The Balaban J connectivity index is 2.20. The Morgan fingerprint density at radius 3 is 3.18 bits per heavy atom. The molecule has 3 nitrogen and oxygen atoms in total. The fraction of sp³-hybridized carbons (Fsp3) is 0.625. The van der Waals surface area contributed by atoms with Crippen molar-refractivity contribution in [1.29, 1.82) is 0 Å². The molecule has 2 heterocycles. The van der Waals surface area contributed by atoms with E-state index in [9.17, 15) is 4.79 Å². The van der Waals surface area contributed by atoms with Crippen molar-refractivity contribution in [2.75, 3.05) is 13.1 Å². The fourth-order valence-electron chi connectivity index (χ4n) is 1.83. The Morgan fingerprint density at radius 1 is 1.64 bits per heavy atom. The first kappa shape index (κ1) is 6.70. The number of carbonyl (C=O) groups is 1. The van der Waals surface area contributed by atoms with Crippen LogP contribution in [-0.4, -0.2) is 29.9 Å². The molecule has 1 N–H and O–H groups in total. The van der Waals surface area contributed by atoms with E-state index in [2.05, 4.69) is 16.8 Å². The number of fused-ring (bicyclic) bond motifs is 1. The third-order valence-corrected chi connectivity index (χ3v) is 2.43. The average Bonchev–Trinajstić information content (AvgIpc) is 2.45. The number of nitrogens with one attached hydrogen (secondary N) is 1. The fourth-order valence-corrected chi connectivity index (χ4v) is 1.83. The quantitative estimate of drug-likeness (QED) is 0.533. The van der Waals surface area contributed by atoms with Gasteiger partial charge < -0.3 is 10.2 Å². The number of carbonyl (C=O) groups excluding carboxylic acids is 1. The maximum Gasteiger partial charge on any atom is 0.243 e. The van der Waals surface area contributed by atoms with Crippen LogP contribution in [0.25, 0.3) is 0 Å². The summed E-state index contributed by atoms with van der Waals surface area (Å²) in [6.45, 7) is 5.55. The lowest BCUT2D eigenvalue weighted by atomic mass is 10.1. The van der Waals surface area contributed by atoms with Crippen molar-refractivity contribution >= 4 is 5.91 Å². The molecule has 0 unspecified atom stereocenters. The average molecular weight is 152 g/mol. The van der Waals surface area contributed by atoms with Crippen LogP contribution in [0.3, 0.4) is 0 Å². The number of hydrogen-bond acceptors (Lipinski definition) is 2. The molecule has 0 radical (unpaired) electrons. The van der Waals surface area contributed by atoms with E-state index in [1.54, 1.807) is 0 Å². The summed E-state index contributed by atoms with van der Waals surface area (Å²) >= 11 is 0. The molecule has 3 heteroatoms. The third kappa shape index (κ3) is 0.914. The molecule has 2 aliphatic rings. The lowest BCUT2D eigenvalue weighted by molar-refractivity contribution is -0.126. The van der Waals surface area contributed by atoms with Gasteiger partial charge in [-0.1, -0.05) is 6.58 Å². The normalized spacial score (nSPS) is 30.2. The van der Waals surface area contributed by atoms with Gasteiger partial charge in [0.15, 0.2) is 0 Å². The van der Waals surface area contributed by atoms with Crippen LogP contribution in [0.4, 0.5) is 0 Å². The summed E-state index contributed by atoms with van der Waals surface area (Å²) < 4.78 is 0. The summed E-state index contributed by atoms with van der Waals surface area (Å²) in [4.78, 5) is 13.4. The predicted octanol–water partition coefficient (Wildman–Crippen LogP) is 0.0943. The Labute approximate surface area is 66.1 Å². The van der Waals surface area contributed by atoms with Gasteiger partial charge in [-0.25, -0.2) is 0 Å². The van der Waals surface area contributed by atoms with Crippen molar-refractivity contribution < 1.29 is 4.79 Å². The summed E-state index contributed by atoms with van der Waals surface area (Å²) in [6.07, 6.45) is 2.11. The largest absolute Gasteiger partial charge is 0.362 e. The third-order valence-electron chi connectivity index (χ3n) is 2.43. The summed E-state index contributed by atoms with van der Waals surface area (Å²) in [5.74, 6) is 0.176. The van der Waals surface area contributed by atoms with Crippen molar-refractivity contribution in [3.63, 3.8) is 0 Å². The summed E-state index contributed by atoms with van der Waals surface area (Å²) in [6, 6.07) is 0.0937. The summed E-state index contributed by atoms with van der Waals surface area (Å²) in [5, 5.41) is 2.82. The van der Waals surface area contributed by atoms with Gasteiger partial charge in [-0.15, -0.1) is 0 Å². The van der Waals surface area contributed by atoms with Crippen molar-refractivity contribution in [1.82, 2.24) is 10.2 Å². The zero-order chi connectivity index (χ0) is 7.84. The minimum atomic E-state index is 0.0937. The highest BCUT2D eigenvalue weighted by molar-refractivity contribution is 5.83. The van der Waals surface area contributed by atoms with Crippen molar-refractivity contribution in [3.8, 4) is 0 Å². The van der Waals surface area contributed by atoms with Crippen LogP contribution in [0, 0.1) is 0 Å². The molecule has 0 saturated carbocycles. The van der Waals surface area contributed by atoms with E-state index in [4.69, 9.17) is 0 Å². The minimum Gasteiger partial charge on any atom is -0.362 e. The topological polar surface area (TPSA) is 32.3 Å². The Morgan fingerprint density at radius 2 is 2.45 bits per heavy atom. The zero-order valence-electron chi connectivity index (χ0n) is 6.47. The van der Waals surface area contributed by atoms with Crippen LogP contribution < -0.4 is 5.32 Å². The molecule has 2 saturated heterocycles. The lowest BCUT2D eigenvalue weighted by Gasteiger charge is -2.32. The predicted molar refractivity (Wildman–Crippen MR) is 41.9 cm³/mol. The first-order valence-corrected chi connectivity index (χ1v) is 4.01. The molecule has 2 fully saturated rings. The summed E-state index contributed by atoms with van der Waals surface area (Å²) in [7, 11) is 0. The maximum atomic E-state index is 11.2. The molecule has 2 aliphatic heterocycles. The van der Waals surface area contributed by atoms with Crippen LogP contribution in [0.2, 0.25) is 0 Å². The maximum absolute atomic E-state index is 11.2. The SMILES string of the molecule is C=C1CNC(=O)[C@@H]2CCCN12. The van der Waals surface area contributed by atoms with Gasteiger partial charge in [0.1, 0.15) is 6.04 Å². The second-order valence-corrected chi connectivity index (χ2v) is 3.14. The van der Waals surface area contributed by atoms with Gasteiger partial charge in [0, 0.05) is 12.2 Å². The highest BCUT2D eigenvalue weighted by Crippen LogP contribution is 2.23. The zero-order valence-corrected chi connectivity index (χ0v) is 6.47. The van der Waals surface area contributed by atoms with E-state index >= 15 is 0 Å². The molecule has 0 aliphatic carbocycles. The highest BCUT2D eigenvalue weighted by atomic mass is 16.2. The van der Waals surface area contributed by atoms with Crippen LogP contribution in [-0.2, 0) is 4.79 Å². The van der Waals surface area contributed by atoms with Gasteiger partial charge in [-0.2, -0.15) is 0 Å². The Hall–Kier alpha value is -0.990. The smallest absolute Gasteiger partial charge is 0.243 e. The van der Waals surface area contributed by atoms with Gasteiger partial charge in [-0.3, -0.25) is 4.79 Å². The monoisotopic (exact) mass is 152 g/mol. The molecule has 1 atom stereocenters. The Kier molecular flexibility index (Phi) is 1.37. The number of hydrogen-bond donors (Lipinski definition) is 1. The minimum absolute atomic E-state index is 0.0937. The van der Waals surface area contributed by atoms with Gasteiger partial charge in [0.05, 0.1) is 6.54 Å². The first-order chi connectivity index (χ1) is 5.29. The van der Waals surface area contributed by atoms with Gasteiger partial charge in [0.25, 0.3) is 0 Å². The molecular formula is C8H12N2O. The lowest BCUT2D eigenvalue weighted by Crippen LogP contribution is -2.50. The molecule has 0 aromatic carbocycles. The van der Waals surface area contributed by atoms with Crippen LogP contribution >= 0.6 is 0 Å². The number of nitrogens with zero attached hydrogens (tertiary/aromatic N) is 1. The molecule has 60 valence electrons. The number of amides is 1. The summed E-state index contributed by atoms with van der Waals surface area (Å²) in [5.41, 5.74) is 1.06. The van der Waals surface area contributed by atoms with Crippen molar-refractivity contribution in [3.05, 3.63) is 12.3 Å². The molecule has 2 rings (SSSR count). The first-order valence-electron chi connectivity index (χ1n) is 4.01. The van der Waals surface area contributed by atoms with Crippen molar-refractivity contribution in [2.45, 2.75) is 18.9 Å². The van der Waals surface area contributed by atoms with Crippen LogP contribution in [0.1, 0.15) is 12.8 Å². The van der Waals surface area contributed by atoms with Gasteiger partial charge in [0.2, 0.25) is 5.91 Å². The van der Waals surface area contributed by atoms with Gasteiger partial charge >= 0.3 is 0 Å². The number of piperazine rings is 1. The van der Waals surface area contributed by atoms with E-state index in [1.807, 2.05) is 0 Å². The van der Waals surface area contributed by atoms with E-state index < -0.39 is 0 Å². The molecule has 0 spiro atoms. The van der Waals surface area contributed by atoms with E-state index in [0.29, 0.717) is 6.54 Å². The molecule has 11 heavy (non-hydrogen) atoms. The molecule has 0 aromatic rings. The second-order valence-electron chi connectivity index (χ2n) is 3.14. The molecule has 0 aromatic heterocycles. The van der Waals surface area contributed by atoms with Crippen LogP contribution in [0.15, 0.2) is 12.3 Å². The standard InChI is InChI=1S/C8H12N2O/c1-6-5-9-8(11)7-3-2-4-10(6)7/h7H,1-5H2,(H,9,11)/t7-/m0/s1. The highest BCUT2D eigenvalue weighted by Gasteiger charge is 2.34. The van der Waals surface area contributed by atoms with E-state index in [1.165, 1.54) is 0 Å². The Bertz CT molecular complexity index is 190. The molecular weight excluding hydrogens is 140 g/mol. The number of rotatable bonds is 0. The molecule has 1 amide bonds. The van der Waals surface area contributed by atoms with Crippen molar-refractivity contribution in [2.24, 2.45) is 0 Å².